The number of hydrogen-bond acceptors (Lipinski definition) is 6. The van der Waals surface area contributed by atoms with Crippen molar-refractivity contribution < 1.29 is 9.45 Å². The second-order valence-electron chi connectivity index (χ2n) is 3.02. The zero-order valence-electron chi connectivity index (χ0n) is 8.16. The van der Waals surface area contributed by atoms with E-state index in [4.69, 9.17) is 10.3 Å². The zero-order chi connectivity index (χ0) is 11.5. The molecule has 0 radical (unpaired) electrons. The Morgan fingerprint density at radius 3 is 2.94 bits per heavy atom. The van der Waals surface area contributed by atoms with Crippen LogP contribution in [-0.4, -0.2) is 15.1 Å². The minimum Gasteiger partial charge on any atom is -0.338 e. The topological polar surface area (TPSA) is 108 Å². The van der Waals surface area contributed by atoms with E-state index >= 15 is 0 Å². The third-order valence-corrected chi connectivity index (χ3v) is 1.96. The van der Waals surface area contributed by atoms with E-state index in [-0.39, 0.29) is 12.2 Å². The van der Waals surface area contributed by atoms with Gasteiger partial charge in [0.15, 0.2) is 0 Å². The minimum atomic E-state index is -0.479. The summed E-state index contributed by atoms with van der Waals surface area (Å²) >= 11 is 0. The summed E-state index contributed by atoms with van der Waals surface area (Å²) < 4.78 is 4.81. The average Bonchev–Trinajstić information content (AvgIpc) is 2.77. The lowest BCUT2D eigenvalue weighted by molar-refractivity contribution is -0.384. The molecule has 0 bridgehead atoms. The van der Waals surface area contributed by atoms with Crippen LogP contribution in [-0.2, 0) is 6.54 Å². The first-order valence-electron chi connectivity index (χ1n) is 4.48. The molecule has 2 aromatic rings. The van der Waals surface area contributed by atoms with Crippen molar-refractivity contribution in [3.63, 3.8) is 0 Å². The third kappa shape index (κ3) is 1.89. The Bertz CT molecular complexity index is 523. The van der Waals surface area contributed by atoms with Gasteiger partial charge in [-0.2, -0.15) is 4.98 Å². The van der Waals surface area contributed by atoms with Crippen LogP contribution in [0.3, 0.4) is 0 Å². The van der Waals surface area contributed by atoms with Gasteiger partial charge in [0, 0.05) is 17.7 Å². The summed E-state index contributed by atoms with van der Waals surface area (Å²) in [5, 5.41) is 14.2. The van der Waals surface area contributed by atoms with Crippen molar-refractivity contribution in [2.24, 2.45) is 5.73 Å². The van der Waals surface area contributed by atoms with E-state index in [0.717, 1.165) is 0 Å². The largest absolute Gasteiger partial charge is 0.338 e. The number of hydrogen-bond donors (Lipinski definition) is 1. The minimum absolute atomic E-state index is 0.0170. The van der Waals surface area contributed by atoms with Crippen LogP contribution in [0.2, 0.25) is 0 Å². The molecular weight excluding hydrogens is 212 g/mol. The molecule has 0 unspecified atom stereocenters. The van der Waals surface area contributed by atoms with E-state index in [1.54, 1.807) is 12.1 Å². The van der Waals surface area contributed by atoms with E-state index in [0.29, 0.717) is 17.3 Å². The summed E-state index contributed by atoms with van der Waals surface area (Å²) in [7, 11) is 0. The molecule has 0 saturated heterocycles. The number of rotatable bonds is 3. The molecule has 0 spiro atoms. The molecule has 0 fully saturated rings. The van der Waals surface area contributed by atoms with E-state index < -0.39 is 4.92 Å². The summed E-state index contributed by atoms with van der Waals surface area (Å²) in [6.45, 7) is 0.141. The maximum Gasteiger partial charge on any atom is 0.270 e. The molecule has 0 aliphatic carbocycles. The molecule has 0 aliphatic heterocycles. The van der Waals surface area contributed by atoms with Gasteiger partial charge in [0.05, 0.1) is 11.5 Å². The molecule has 0 aliphatic rings. The van der Waals surface area contributed by atoms with Crippen LogP contribution >= 0.6 is 0 Å². The first kappa shape index (κ1) is 10.2. The van der Waals surface area contributed by atoms with E-state index in [2.05, 4.69) is 10.1 Å². The van der Waals surface area contributed by atoms with E-state index in [9.17, 15) is 10.1 Å². The zero-order valence-corrected chi connectivity index (χ0v) is 8.16. The van der Waals surface area contributed by atoms with Crippen LogP contribution in [0.15, 0.2) is 28.8 Å². The lowest BCUT2D eigenvalue weighted by Gasteiger charge is -1.94. The van der Waals surface area contributed by atoms with Gasteiger partial charge in [-0.05, 0) is 0 Å². The molecule has 82 valence electrons. The fourth-order valence-electron chi connectivity index (χ4n) is 1.21. The van der Waals surface area contributed by atoms with Crippen LogP contribution < -0.4 is 5.73 Å². The molecule has 16 heavy (non-hydrogen) atoms. The summed E-state index contributed by atoms with van der Waals surface area (Å²) in [5.41, 5.74) is 5.82. The Labute approximate surface area is 90.0 Å². The van der Waals surface area contributed by atoms with Gasteiger partial charge in [0.1, 0.15) is 0 Å². The molecule has 7 nitrogen and oxygen atoms in total. The van der Waals surface area contributed by atoms with Gasteiger partial charge in [-0.1, -0.05) is 17.3 Å². The maximum absolute atomic E-state index is 10.6. The smallest absolute Gasteiger partial charge is 0.270 e. The highest BCUT2D eigenvalue weighted by Gasteiger charge is 2.11. The highest BCUT2D eigenvalue weighted by Crippen LogP contribution is 2.21. The molecule has 0 saturated carbocycles. The molecule has 1 aromatic carbocycles. The molecule has 0 amide bonds. The fraction of sp³-hybridized carbons (Fsp3) is 0.111. The fourth-order valence-corrected chi connectivity index (χ4v) is 1.21. The average molecular weight is 220 g/mol. The van der Waals surface area contributed by atoms with Gasteiger partial charge in [-0.3, -0.25) is 10.1 Å². The van der Waals surface area contributed by atoms with Crippen LogP contribution in [0.1, 0.15) is 5.89 Å². The number of benzene rings is 1. The second-order valence-corrected chi connectivity index (χ2v) is 3.02. The van der Waals surface area contributed by atoms with Crippen LogP contribution in [0, 0.1) is 10.1 Å². The van der Waals surface area contributed by atoms with Crippen molar-refractivity contribution in [3.8, 4) is 11.4 Å². The van der Waals surface area contributed by atoms with Crippen molar-refractivity contribution in [2.45, 2.75) is 6.54 Å². The summed E-state index contributed by atoms with van der Waals surface area (Å²) in [6, 6.07) is 6.00. The summed E-state index contributed by atoms with van der Waals surface area (Å²) in [4.78, 5) is 14.1. The van der Waals surface area contributed by atoms with Gasteiger partial charge in [0.2, 0.25) is 11.7 Å². The molecule has 2 rings (SSSR count). The number of aromatic nitrogens is 2. The molecule has 1 heterocycles. The number of nitrogens with zero attached hydrogens (tertiary/aromatic N) is 3. The highest BCUT2D eigenvalue weighted by molar-refractivity contribution is 5.58. The molecule has 7 heteroatoms. The Morgan fingerprint density at radius 2 is 2.31 bits per heavy atom. The number of non-ortho nitro benzene ring substituents is 1. The maximum atomic E-state index is 10.6. The van der Waals surface area contributed by atoms with Gasteiger partial charge in [0.25, 0.3) is 5.69 Å². The SMILES string of the molecule is NCc1nc(-c2cccc([N+](=O)[O-])c2)no1. The van der Waals surface area contributed by atoms with Crippen molar-refractivity contribution >= 4 is 5.69 Å². The summed E-state index contributed by atoms with van der Waals surface area (Å²) in [5.74, 6) is 0.589. The van der Waals surface area contributed by atoms with Crippen LogP contribution in [0.5, 0.6) is 0 Å². The molecular formula is C9H8N4O3. The second kappa shape index (κ2) is 4.07. The predicted molar refractivity (Wildman–Crippen MR) is 54.3 cm³/mol. The quantitative estimate of drug-likeness (QED) is 0.612. The van der Waals surface area contributed by atoms with Gasteiger partial charge in [-0.25, -0.2) is 0 Å². The van der Waals surface area contributed by atoms with Crippen molar-refractivity contribution in [3.05, 3.63) is 40.3 Å². The lowest BCUT2D eigenvalue weighted by Crippen LogP contribution is -1.95. The van der Waals surface area contributed by atoms with E-state index in [1.807, 2.05) is 0 Å². The van der Waals surface area contributed by atoms with E-state index in [1.165, 1.54) is 12.1 Å². The first-order chi connectivity index (χ1) is 7.70. The monoisotopic (exact) mass is 220 g/mol. The Hall–Kier alpha value is -2.28. The third-order valence-electron chi connectivity index (χ3n) is 1.96. The van der Waals surface area contributed by atoms with Crippen LogP contribution in [0.4, 0.5) is 5.69 Å². The standard InChI is InChI=1S/C9H8N4O3/c10-5-8-11-9(12-16-8)6-2-1-3-7(4-6)13(14)15/h1-4H,5,10H2. The molecule has 2 N–H and O–H groups in total. The summed E-state index contributed by atoms with van der Waals surface area (Å²) in [6.07, 6.45) is 0. The normalized spacial score (nSPS) is 10.3. The van der Waals surface area contributed by atoms with Gasteiger partial charge >= 0.3 is 0 Å². The molecule has 0 atom stereocenters. The van der Waals surface area contributed by atoms with Gasteiger partial charge < -0.3 is 10.3 Å². The van der Waals surface area contributed by atoms with Crippen molar-refractivity contribution in [1.82, 2.24) is 10.1 Å². The van der Waals surface area contributed by atoms with Crippen molar-refractivity contribution in [1.29, 1.82) is 0 Å². The Kier molecular flexibility index (Phi) is 2.61. The van der Waals surface area contributed by atoms with Crippen LogP contribution in [0.25, 0.3) is 11.4 Å². The lowest BCUT2D eigenvalue weighted by atomic mass is 10.2. The number of nitro benzene ring substituents is 1. The Morgan fingerprint density at radius 1 is 1.50 bits per heavy atom. The number of nitro groups is 1. The number of nitrogens with two attached hydrogens (primary N) is 1. The van der Waals surface area contributed by atoms with Crippen molar-refractivity contribution in [2.75, 3.05) is 0 Å². The molecule has 1 aromatic heterocycles. The highest BCUT2D eigenvalue weighted by atomic mass is 16.6. The predicted octanol–water partition coefficient (Wildman–Crippen LogP) is 1.10. The first-order valence-corrected chi connectivity index (χ1v) is 4.48. The Balaban J connectivity index is 2.40. The van der Waals surface area contributed by atoms with Gasteiger partial charge in [-0.15, -0.1) is 0 Å².